The van der Waals surface area contributed by atoms with Crippen molar-refractivity contribution >= 4 is 18.0 Å². The fraction of sp³-hybridized carbons (Fsp3) is 0.333. The van der Waals surface area contributed by atoms with E-state index in [1.54, 1.807) is 18.2 Å². The van der Waals surface area contributed by atoms with Crippen molar-refractivity contribution in [2.75, 3.05) is 6.54 Å². The Labute approximate surface area is 117 Å². The fourth-order valence-electron chi connectivity index (χ4n) is 1.66. The van der Waals surface area contributed by atoms with Crippen LogP contribution in [0, 0.1) is 11.7 Å². The molecule has 0 aliphatic carbocycles. The lowest BCUT2D eigenvalue weighted by Crippen LogP contribution is -2.28. The molecule has 0 aromatic heterocycles. The van der Waals surface area contributed by atoms with Gasteiger partial charge in [-0.3, -0.25) is 9.59 Å². The maximum atomic E-state index is 12.7. The summed E-state index contributed by atoms with van der Waals surface area (Å²) in [6.45, 7) is 2.21. The molecule has 1 aromatic rings. The van der Waals surface area contributed by atoms with E-state index >= 15 is 0 Å². The Morgan fingerprint density at radius 2 is 2.00 bits per heavy atom. The van der Waals surface area contributed by atoms with Crippen molar-refractivity contribution in [1.29, 1.82) is 0 Å². The minimum atomic E-state index is -0.868. The molecule has 0 spiro atoms. The van der Waals surface area contributed by atoms with E-state index in [2.05, 4.69) is 5.32 Å². The maximum absolute atomic E-state index is 12.7. The summed E-state index contributed by atoms with van der Waals surface area (Å²) in [4.78, 5) is 22.2. The fourth-order valence-corrected chi connectivity index (χ4v) is 1.66. The predicted octanol–water partition coefficient (Wildman–Crippen LogP) is 2.46. The monoisotopic (exact) mass is 279 g/mol. The zero-order valence-electron chi connectivity index (χ0n) is 11.3. The molecule has 0 radical (unpaired) electrons. The van der Waals surface area contributed by atoms with E-state index in [0.717, 1.165) is 5.56 Å². The van der Waals surface area contributed by atoms with E-state index < -0.39 is 5.97 Å². The number of benzene rings is 1. The van der Waals surface area contributed by atoms with Gasteiger partial charge in [0.2, 0.25) is 5.91 Å². The number of aliphatic carboxylic acids is 1. The van der Waals surface area contributed by atoms with Crippen LogP contribution in [0.15, 0.2) is 30.3 Å². The second-order valence-corrected chi connectivity index (χ2v) is 4.50. The van der Waals surface area contributed by atoms with Crippen molar-refractivity contribution in [2.24, 2.45) is 5.92 Å². The van der Waals surface area contributed by atoms with Crippen LogP contribution in [0.2, 0.25) is 0 Å². The molecule has 1 rings (SSSR count). The van der Waals surface area contributed by atoms with Gasteiger partial charge < -0.3 is 10.4 Å². The first-order valence-corrected chi connectivity index (χ1v) is 6.44. The van der Waals surface area contributed by atoms with E-state index in [1.165, 1.54) is 18.2 Å². The van der Waals surface area contributed by atoms with Gasteiger partial charge in [-0.25, -0.2) is 4.39 Å². The molecule has 108 valence electrons. The molecule has 20 heavy (non-hydrogen) atoms. The first-order valence-electron chi connectivity index (χ1n) is 6.44. The largest absolute Gasteiger partial charge is 0.481 e. The topological polar surface area (TPSA) is 66.4 Å². The summed E-state index contributed by atoms with van der Waals surface area (Å²) in [5.41, 5.74) is 0.721. The lowest BCUT2D eigenvalue weighted by Gasteiger charge is -2.12. The second-order valence-electron chi connectivity index (χ2n) is 4.50. The van der Waals surface area contributed by atoms with Crippen molar-refractivity contribution in [3.05, 3.63) is 41.7 Å². The number of carboxylic acids is 1. The van der Waals surface area contributed by atoms with Crippen LogP contribution in [0.1, 0.15) is 25.3 Å². The summed E-state index contributed by atoms with van der Waals surface area (Å²) in [6.07, 6.45) is 3.65. The van der Waals surface area contributed by atoms with Gasteiger partial charge in [-0.05, 0) is 29.7 Å². The van der Waals surface area contributed by atoms with Crippen LogP contribution in [0.3, 0.4) is 0 Å². The molecular formula is C15H18FNO3. The van der Waals surface area contributed by atoms with E-state index in [4.69, 9.17) is 5.11 Å². The highest BCUT2D eigenvalue weighted by Crippen LogP contribution is 2.07. The summed E-state index contributed by atoms with van der Waals surface area (Å²) in [5, 5.41) is 11.4. The third kappa shape index (κ3) is 6.13. The van der Waals surface area contributed by atoms with Crippen LogP contribution >= 0.6 is 0 Å². The second kappa shape index (κ2) is 8.09. The maximum Gasteiger partial charge on any atom is 0.303 e. The third-order valence-corrected chi connectivity index (χ3v) is 2.90. The van der Waals surface area contributed by atoms with Crippen molar-refractivity contribution in [1.82, 2.24) is 5.32 Å². The van der Waals surface area contributed by atoms with Crippen molar-refractivity contribution in [3.63, 3.8) is 0 Å². The quantitative estimate of drug-likeness (QED) is 0.753. The number of hydrogen-bond donors (Lipinski definition) is 2. The zero-order chi connectivity index (χ0) is 15.0. The van der Waals surface area contributed by atoms with Crippen LogP contribution in [-0.4, -0.2) is 23.5 Å². The average molecular weight is 279 g/mol. The molecule has 1 atom stereocenters. The summed E-state index contributed by atoms with van der Waals surface area (Å²) >= 11 is 0. The molecule has 1 amide bonds. The molecular weight excluding hydrogens is 261 g/mol. The molecule has 0 saturated heterocycles. The molecule has 0 heterocycles. The van der Waals surface area contributed by atoms with Gasteiger partial charge in [0.05, 0.1) is 0 Å². The number of carbonyl (C=O) groups is 2. The highest BCUT2D eigenvalue weighted by Gasteiger charge is 2.11. The third-order valence-electron chi connectivity index (χ3n) is 2.90. The van der Waals surface area contributed by atoms with E-state index in [1.807, 2.05) is 6.92 Å². The van der Waals surface area contributed by atoms with Gasteiger partial charge >= 0.3 is 5.97 Å². The number of nitrogens with one attached hydrogen (secondary N) is 1. The molecule has 0 aliphatic rings. The summed E-state index contributed by atoms with van der Waals surface area (Å²) in [7, 11) is 0. The van der Waals surface area contributed by atoms with Crippen molar-refractivity contribution in [2.45, 2.75) is 19.8 Å². The standard InChI is InChI=1S/C15H18FNO3/c1-2-11(9-15(19)20)10-17-14(18)8-5-12-3-6-13(16)7-4-12/h3-8,11H,2,9-10H2,1H3,(H,17,18)(H,19,20)/b8-5+. The first kappa shape index (κ1) is 15.9. The van der Waals surface area contributed by atoms with E-state index in [0.29, 0.717) is 13.0 Å². The van der Waals surface area contributed by atoms with Gasteiger partial charge in [0.25, 0.3) is 0 Å². The Kier molecular flexibility index (Phi) is 6.43. The molecule has 4 nitrogen and oxygen atoms in total. The number of halogens is 1. The zero-order valence-corrected chi connectivity index (χ0v) is 11.3. The lowest BCUT2D eigenvalue weighted by molar-refractivity contribution is -0.138. The van der Waals surface area contributed by atoms with Crippen LogP contribution < -0.4 is 5.32 Å². The van der Waals surface area contributed by atoms with Gasteiger partial charge in [-0.15, -0.1) is 0 Å². The summed E-state index contributed by atoms with van der Waals surface area (Å²) in [6, 6.07) is 5.77. The molecule has 1 unspecified atom stereocenters. The Morgan fingerprint density at radius 1 is 1.35 bits per heavy atom. The van der Waals surface area contributed by atoms with E-state index in [-0.39, 0.29) is 24.1 Å². The summed E-state index contributed by atoms with van der Waals surface area (Å²) in [5.74, 6) is -1.56. The van der Waals surface area contributed by atoms with Gasteiger partial charge in [0, 0.05) is 19.0 Å². The first-order chi connectivity index (χ1) is 9.51. The van der Waals surface area contributed by atoms with Crippen molar-refractivity contribution in [3.8, 4) is 0 Å². The highest BCUT2D eigenvalue weighted by molar-refractivity contribution is 5.91. The molecule has 2 N–H and O–H groups in total. The Morgan fingerprint density at radius 3 is 2.55 bits per heavy atom. The Balaban J connectivity index is 2.43. The molecule has 0 fully saturated rings. The molecule has 0 saturated carbocycles. The lowest BCUT2D eigenvalue weighted by atomic mass is 10.0. The number of rotatable bonds is 7. The van der Waals surface area contributed by atoms with Gasteiger partial charge in [0.1, 0.15) is 5.82 Å². The van der Waals surface area contributed by atoms with Gasteiger partial charge in [-0.1, -0.05) is 25.5 Å². The number of carbonyl (C=O) groups excluding carboxylic acids is 1. The summed E-state index contributed by atoms with van der Waals surface area (Å²) < 4.78 is 12.7. The number of amides is 1. The van der Waals surface area contributed by atoms with Crippen LogP contribution in [-0.2, 0) is 9.59 Å². The Bertz CT molecular complexity index is 482. The van der Waals surface area contributed by atoms with E-state index in [9.17, 15) is 14.0 Å². The number of carboxylic acid groups (broad SMARTS) is 1. The van der Waals surface area contributed by atoms with Crippen LogP contribution in [0.5, 0.6) is 0 Å². The average Bonchev–Trinajstić information content (AvgIpc) is 2.42. The highest BCUT2D eigenvalue weighted by atomic mass is 19.1. The van der Waals surface area contributed by atoms with Crippen LogP contribution in [0.4, 0.5) is 4.39 Å². The molecule has 1 aromatic carbocycles. The molecule has 0 bridgehead atoms. The predicted molar refractivity (Wildman–Crippen MR) is 74.5 cm³/mol. The molecule has 5 heteroatoms. The Hall–Kier alpha value is -2.17. The van der Waals surface area contributed by atoms with Crippen molar-refractivity contribution < 1.29 is 19.1 Å². The SMILES string of the molecule is CCC(CNC(=O)/C=C/c1ccc(F)cc1)CC(=O)O. The van der Waals surface area contributed by atoms with Crippen LogP contribution in [0.25, 0.3) is 6.08 Å². The normalized spacial score (nSPS) is 12.3. The smallest absolute Gasteiger partial charge is 0.303 e. The minimum Gasteiger partial charge on any atom is -0.481 e. The minimum absolute atomic E-state index is 0.0401. The molecule has 0 aliphatic heterocycles. The van der Waals surface area contributed by atoms with Gasteiger partial charge in [0.15, 0.2) is 0 Å². The number of hydrogen-bond acceptors (Lipinski definition) is 2. The van der Waals surface area contributed by atoms with Gasteiger partial charge in [-0.2, -0.15) is 0 Å².